The molecule has 2 aromatic carbocycles. The number of para-hydroxylation sites is 2. The predicted molar refractivity (Wildman–Crippen MR) is 99.8 cm³/mol. The second-order valence-corrected chi connectivity index (χ2v) is 6.12. The summed E-state index contributed by atoms with van der Waals surface area (Å²) >= 11 is 0. The Morgan fingerprint density at radius 3 is 1.96 bits per heavy atom. The number of hydrogen-bond acceptors (Lipinski definition) is 2. The lowest BCUT2D eigenvalue weighted by Crippen LogP contribution is -2.49. The van der Waals surface area contributed by atoms with Crippen LogP contribution in [0.2, 0.25) is 0 Å². The Bertz CT molecular complexity index is 661. The lowest BCUT2D eigenvalue weighted by Gasteiger charge is -2.45. The molecular weight excluding hydrogens is 280 g/mol. The third-order valence-electron chi connectivity index (χ3n) is 4.83. The minimum absolute atomic E-state index is 0.479. The van der Waals surface area contributed by atoms with Gasteiger partial charge in [0.1, 0.15) is 0 Å². The van der Waals surface area contributed by atoms with Crippen molar-refractivity contribution in [2.24, 2.45) is 0 Å². The average Bonchev–Trinajstić information content (AvgIpc) is 2.62. The van der Waals surface area contributed by atoms with Gasteiger partial charge in [-0.15, -0.1) is 0 Å². The molecule has 2 aromatic rings. The maximum atomic E-state index is 2.53. The highest BCUT2D eigenvalue weighted by Gasteiger charge is 2.30. The predicted octanol–water partition coefficient (Wildman–Crippen LogP) is 5.43. The van der Waals surface area contributed by atoms with Crippen molar-refractivity contribution in [1.82, 2.24) is 0 Å². The number of allylic oxidation sites excluding steroid dienone is 1. The molecule has 1 unspecified atom stereocenters. The SMILES string of the molecule is CCC1=C(C)C(CC)N(c2ccccc2)CN1c1ccccc1. The van der Waals surface area contributed by atoms with E-state index in [9.17, 15) is 0 Å². The van der Waals surface area contributed by atoms with E-state index < -0.39 is 0 Å². The van der Waals surface area contributed by atoms with Crippen LogP contribution in [0.15, 0.2) is 71.9 Å². The van der Waals surface area contributed by atoms with Gasteiger partial charge in [-0.2, -0.15) is 0 Å². The Hall–Kier alpha value is -2.22. The molecule has 0 radical (unpaired) electrons. The van der Waals surface area contributed by atoms with Crippen LogP contribution in [0.3, 0.4) is 0 Å². The third kappa shape index (κ3) is 2.98. The van der Waals surface area contributed by atoms with Gasteiger partial charge in [0.15, 0.2) is 0 Å². The number of nitrogens with zero attached hydrogens (tertiary/aromatic N) is 2. The molecule has 2 heteroatoms. The van der Waals surface area contributed by atoms with Gasteiger partial charge in [0.05, 0.1) is 12.7 Å². The lowest BCUT2D eigenvalue weighted by atomic mass is 9.96. The second-order valence-electron chi connectivity index (χ2n) is 6.12. The maximum Gasteiger partial charge on any atom is 0.0954 e. The fraction of sp³-hybridized carbons (Fsp3) is 0.333. The summed E-state index contributed by atoms with van der Waals surface area (Å²) in [6.45, 7) is 7.76. The van der Waals surface area contributed by atoms with E-state index in [-0.39, 0.29) is 0 Å². The molecule has 0 aromatic heterocycles. The molecule has 0 aliphatic carbocycles. The molecule has 23 heavy (non-hydrogen) atoms. The molecule has 1 aliphatic rings. The third-order valence-corrected chi connectivity index (χ3v) is 4.83. The van der Waals surface area contributed by atoms with E-state index in [2.05, 4.69) is 91.2 Å². The van der Waals surface area contributed by atoms with Crippen molar-refractivity contribution in [3.63, 3.8) is 0 Å². The summed E-state index contributed by atoms with van der Waals surface area (Å²) in [7, 11) is 0. The van der Waals surface area contributed by atoms with Crippen molar-refractivity contribution in [2.75, 3.05) is 16.5 Å². The number of benzene rings is 2. The number of rotatable bonds is 4. The van der Waals surface area contributed by atoms with E-state index in [0.717, 1.165) is 19.5 Å². The monoisotopic (exact) mass is 306 g/mol. The molecule has 0 amide bonds. The molecular formula is C21H26N2. The molecule has 2 nitrogen and oxygen atoms in total. The van der Waals surface area contributed by atoms with E-state index in [1.54, 1.807) is 0 Å². The average molecular weight is 306 g/mol. The van der Waals surface area contributed by atoms with Crippen LogP contribution in [0.5, 0.6) is 0 Å². The summed E-state index contributed by atoms with van der Waals surface area (Å²) in [5.74, 6) is 0. The molecule has 0 spiro atoms. The molecule has 0 fully saturated rings. The minimum Gasteiger partial charge on any atom is -0.347 e. The van der Waals surface area contributed by atoms with Gasteiger partial charge in [-0.1, -0.05) is 50.2 Å². The van der Waals surface area contributed by atoms with Crippen LogP contribution in [-0.4, -0.2) is 12.7 Å². The smallest absolute Gasteiger partial charge is 0.0954 e. The van der Waals surface area contributed by atoms with Gasteiger partial charge in [0.2, 0.25) is 0 Å². The fourth-order valence-electron chi connectivity index (χ4n) is 3.70. The van der Waals surface area contributed by atoms with Crippen molar-refractivity contribution < 1.29 is 0 Å². The standard InChI is InChI=1S/C21H26N2/c1-4-20-17(3)21(5-2)23(19-14-10-7-11-15-19)16-22(20)18-12-8-6-9-13-18/h6-15,20H,4-5,16H2,1-3H3. The Kier molecular flexibility index (Phi) is 4.71. The zero-order valence-corrected chi connectivity index (χ0v) is 14.4. The molecule has 1 heterocycles. The van der Waals surface area contributed by atoms with Gasteiger partial charge < -0.3 is 9.80 Å². The van der Waals surface area contributed by atoms with Crippen LogP contribution in [0.25, 0.3) is 0 Å². The van der Waals surface area contributed by atoms with Gasteiger partial charge >= 0.3 is 0 Å². The summed E-state index contributed by atoms with van der Waals surface area (Å²) in [6.07, 6.45) is 2.20. The summed E-state index contributed by atoms with van der Waals surface area (Å²) in [4.78, 5) is 5.00. The highest BCUT2D eigenvalue weighted by atomic mass is 15.4. The zero-order chi connectivity index (χ0) is 16.2. The molecule has 1 aliphatic heterocycles. The quantitative estimate of drug-likeness (QED) is 0.743. The molecule has 3 rings (SSSR count). The molecule has 0 saturated heterocycles. The van der Waals surface area contributed by atoms with Crippen molar-refractivity contribution in [2.45, 2.75) is 39.7 Å². The lowest BCUT2D eigenvalue weighted by molar-refractivity contribution is 0.585. The molecule has 120 valence electrons. The van der Waals surface area contributed by atoms with Crippen molar-refractivity contribution in [3.8, 4) is 0 Å². The van der Waals surface area contributed by atoms with Gasteiger partial charge in [-0.3, -0.25) is 0 Å². The number of anilines is 2. The van der Waals surface area contributed by atoms with Crippen molar-refractivity contribution in [3.05, 3.63) is 71.9 Å². The van der Waals surface area contributed by atoms with Crippen molar-refractivity contribution in [1.29, 1.82) is 0 Å². The Morgan fingerprint density at radius 2 is 1.43 bits per heavy atom. The second kappa shape index (κ2) is 6.91. The molecule has 0 N–H and O–H groups in total. The first-order chi connectivity index (χ1) is 11.3. The summed E-state index contributed by atoms with van der Waals surface area (Å²) in [5, 5.41) is 0. The van der Waals surface area contributed by atoms with Crippen molar-refractivity contribution >= 4 is 11.4 Å². The topological polar surface area (TPSA) is 6.48 Å². The Labute approximate surface area is 140 Å². The van der Waals surface area contributed by atoms with Crippen LogP contribution in [0.1, 0.15) is 33.6 Å². The van der Waals surface area contributed by atoms with E-state index in [1.165, 1.54) is 22.6 Å². The zero-order valence-electron chi connectivity index (χ0n) is 14.4. The highest BCUT2D eigenvalue weighted by molar-refractivity contribution is 5.60. The summed E-state index contributed by atoms with van der Waals surface area (Å²) in [5.41, 5.74) is 5.54. The fourth-order valence-corrected chi connectivity index (χ4v) is 3.70. The first-order valence-corrected chi connectivity index (χ1v) is 8.60. The first kappa shape index (κ1) is 15.7. The summed E-state index contributed by atoms with van der Waals surface area (Å²) < 4.78 is 0. The number of hydrogen-bond donors (Lipinski definition) is 0. The van der Waals surface area contributed by atoms with E-state index in [1.807, 2.05) is 0 Å². The van der Waals surface area contributed by atoms with E-state index >= 15 is 0 Å². The van der Waals surface area contributed by atoms with Crippen LogP contribution in [-0.2, 0) is 0 Å². The Morgan fingerprint density at radius 1 is 0.870 bits per heavy atom. The van der Waals surface area contributed by atoms with Gasteiger partial charge in [0.25, 0.3) is 0 Å². The highest BCUT2D eigenvalue weighted by Crippen LogP contribution is 2.34. The molecule has 0 bridgehead atoms. The summed E-state index contributed by atoms with van der Waals surface area (Å²) in [6, 6.07) is 22.0. The minimum atomic E-state index is 0.479. The van der Waals surface area contributed by atoms with Crippen LogP contribution < -0.4 is 9.80 Å². The molecule has 1 atom stereocenters. The largest absolute Gasteiger partial charge is 0.347 e. The van der Waals surface area contributed by atoms with E-state index in [4.69, 9.17) is 0 Å². The van der Waals surface area contributed by atoms with Gasteiger partial charge in [0, 0.05) is 17.1 Å². The normalized spacial score (nSPS) is 18.5. The van der Waals surface area contributed by atoms with Crippen LogP contribution in [0.4, 0.5) is 11.4 Å². The van der Waals surface area contributed by atoms with Gasteiger partial charge in [-0.05, 0) is 49.6 Å². The maximum absolute atomic E-state index is 2.53. The van der Waals surface area contributed by atoms with Crippen LogP contribution >= 0.6 is 0 Å². The van der Waals surface area contributed by atoms with Crippen LogP contribution in [0, 0.1) is 0 Å². The van der Waals surface area contributed by atoms with E-state index in [0.29, 0.717) is 6.04 Å². The Balaban J connectivity index is 2.06. The van der Waals surface area contributed by atoms with Gasteiger partial charge in [-0.25, -0.2) is 0 Å². The molecule has 0 saturated carbocycles. The first-order valence-electron chi connectivity index (χ1n) is 8.60.